The highest BCUT2D eigenvalue weighted by molar-refractivity contribution is 9.10. The zero-order valence-corrected chi connectivity index (χ0v) is 17.1. The summed E-state index contributed by atoms with van der Waals surface area (Å²) in [5, 5.41) is 0.710. The monoisotopic (exact) mass is 444 g/mol. The normalized spacial score (nSPS) is 14.6. The zero-order valence-electron chi connectivity index (χ0n) is 14.7. The molecule has 1 aliphatic carbocycles. The van der Waals surface area contributed by atoms with Crippen LogP contribution < -0.4 is 4.74 Å². The first-order valence-corrected chi connectivity index (χ1v) is 10.3. The van der Waals surface area contributed by atoms with Gasteiger partial charge >= 0.3 is 0 Å². The number of rotatable bonds is 0. The summed E-state index contributed by atoms with van der Waals surface area (Å²) < 4.78 is 7.35. The van der Waals surface area contributed by atoms with E-state index < -0.39 is 5.41 Å². The maximum absolute atomic E-state index is 6.49. The molecule has 0 unspecified atom stereocenters. The number of halogens is 2. The summed E-state index contributed by atoms with van der Waals surface area (Å²) in [6, 6.07) is 29.5. The van der Waals surface area contributed by atoms with Crippen LogP contribution in [0.25, 0.3) is 11.1 Å². The third-order valence-electron chi connectivity index (χ3n) is 5.86. The molecular weight excluding hydrogens is 432 g/mol. The second-order valence-corrected chi connectivity index (χ2v) is 8.58. The largest absolute Gasteiger partial charge is 0.457 e. The Bertz CT molecular complexity index is 1180. The molecule has 0 fully saturated rings. The molecule has 1 spiro atoms. The van der Waals surface area contributed by atoms with Gasteiger partial charge in [0.05, 0.1) is 5.41 Å². The van der Waals surface area contributed by atoms with E-state index in [1.807, 2.05) is 24.3 Å². The van der Waals surface area contributed by atoms with Crippen LogP contribution in [0.3, 0.4) is 0 Å². The van der Waals surface area contributed by atoms with Crippen molar-refractivity contribution in [3.63, 3.8) is 0 Å². The topological polar surface area (TPSA) is 9.23 Å². The van der Waals surface area contributed by atoms with Crippen LogP contribution in [-0.2, 0) is 5.41 Å². The molecule has 0 aromatic heterocycles. The number of hydrogen-bond donors (Lipinski definition) is 0. The number of fused-ring (bicyclic) bond motifs is 9. The summed E-state index contributed by atoms with van der Waals surface area (Å²) in [7, 11) is 0. The van der Waals surface area contributed by atoms with Crippen molar-refractivity contribution in [3.8, 4) is 22.6 Å². The lowest BCUT2D eigenvalue weighted by molar-refractivity contribution is 0.436. The smallest absolute Gasteiger partial charge is 0.132 e. The van der Waals surface area contributed by atoms with E-state index in [1.54, 1.807) is 0 Å². The SMILES string of the molecule is Clc1ccc2c(c1)C1(c3cc(Br)ccc3O2)c2ccccc2-c2ccccc21. The minimum absolute atomic E-state index is 0.454. The van der Waals surface area contributed by atoms with Crippen LogP contribution in [0.4, 0.5) is 0 Å². The highest BCUT2D eigenvalue weighted by atomic mass is 79.9. The van der Waals surface area contributed by atoms with E-state index in [1.165, 1.54) is 22.3 Å². The molecule has 0 radical (unpaired) electrons. The van der Waals surface area contributed by atoms with E-state index in [4.69, 9.17) is 16.3 Å². The van der Waals surface area contributed by atoms with E-state index in [9.17, 15) is 0 Å². The van der Waals surface area contributed by atoms with Gasteiger partial charge in [0.15, 0.2) is 0 Å². The molecule has 1 aliphatic heterocycles. The predicted octanol–water partition coefficient (Wildman–Crippen LogP) is 7.57. The first-order valence-electron chi connectivity index (χ1n) is 9.17. The molecule has 0 atom stereocenters. The zero-order chi connectivity index (χ0) is 18.9. The molecule has 0 amide bonds. The number of hydrogen-bond acceptors (Lipinski definition) is 1. The molecule has 1 heterocycles. The third kappa shape index (κ3) is 1.97. The summed E-state index contributed by atoms with van der Waals surface area (Å²) in [5.41, 5.74) is 6.82. The van der Waals surface area contributed by atoms with Gasteiger partial charge in [0, 0.05) is 20.6 Å². The molecule has 2 aliphatic rings. The molecule has 28 heavy (non-hydrogen) atoms. The lowest BCUT2D eigenvalue weighted by atomic mass is 9.66. The Hall–Kier alpha value is -2.55. The molecule has 134 valence electrons. The van der Waals surface area contributed by atoms with Crippen LogP contribution in [0, 0.1) is 0 Å². The lowest BCUT2D eigenvalue weighted by Gasteiger charge is -2.39. The van der Waals surface area contributed by atoms with Gasteiger partial charge in [-0.1, -0.05) is 76.1 Å². The van der Waals surface area contributed by atoms with Crippen molar-refractivity contribution in [1.29, 1.82) is 0 Å². The number of benzene rings is 4. The minimum atomic E-state index is -0.454. The maximum atomic E-state index is 6.49. The standard InChI is InChI=1S/C25H14BrClO/c26-15-9-11-23-21(13-15)25(22-14-16(27)10-12-24(22)28-23)19-7-3-1-5-17(19)18-6-2-4-8-20(18)25/h1-14H. The third-order valence-corrected chi connectivity index (χ3v) is 6.59. The Morgan fingerprint density at radius 2 is 1.21 bits per heavy atom. The summed E-state index contributed by atoms with van der Waals surface area (Å²) in [5.74, 6) is 1.73. The minimum Gasteiger partial charge on any atom is -0.457 e. The summed E-state index contributed by atoms with van der Waals surface area (Å²) in [4.78, 5) is 0. The first kappa shape index (κ1) is 16.4. The van der Waals surface area contributed by atoms with Gasteiger partial charge in [-0.2, -0.15) is 0 Å². The molecule has 4 aromatic carbocycles. The first-order chi connectivity index (χ1) is 13.7. The van der Waals surface area contributed by atoms with Crippen molar-refractivity contribution in [2.75, 3.05) is 0 Å². The van der Waals surface area contributed by atoms with Gasteiger partial charge in [-0.25, -0.2) is 0 Å². The second-order valence-electron chi connectivity index (χ2n) is 7.22. The Kier molecular flexibility index (Phi) is 3.36. The van der Waals surface area contributed by atoms with Crippen molar-refractivity contribution >= 4 is 27.5 Å². The van der Waals surface area contributed by atoms with E-state index in [2.05, 4.69) is 76.6 Å². The van der Waals surface area contributed by atoms with Crippen LogP contribution in [-0.4, -0.2) is 0 Å². The van der Waals surface area contributed by atoms with Gasteiger partial charge in [-0.05, 0) is 58.7 Å². The highest BCUT2D eigenvalue weighted by Crippen LogP contribution is 2.62. The number of ether oxygens (including phenoxy) is 1. The highest BCUT2D eigenvalue weighted by Gasteiger charge is 2.51. The molecular formula is C25H14BrClO. The molecule has 6 rings (SSSR count). The van der Waals surface area contributed by atoms with E-state index in [0.717, 1.165) is 27.1 Å². The maximum Gasteiger partial charge on any atom is 0.132 e. The average Bonchev–Trinajstić information content (AvgIpc) is 3.01. The molecule has 0 N–H and O–H groups in total. The Morgan fingerprint density at radius 1 is 0.643 bits per heavy atom. The predicted molar refractivity (Wildman–Crippen MR) is 117 cm³/mol. The van der Waals surface area contributed by atoms with Crippen molar-refractivity contribution in [2.45, 2.75) is 5.41 Å². The molecule has 4 aromatic rings. The van der Waals surface area contributed by atoms with Crippen LogP contribution in [0.2, 0.25) is 5.02 Å². The van der Waals surface area contributed by atoms with Crippen molar-refractivity contribution in [2.24, 2.45) is 0 Å². The average molecular weight is 446 g/mol. The van der Waals surface area contributed by atoms with Crippen LogP contribution >= 0.6 is 27.5 Å². The molecule has 0 saturated heterocycles. The van der Waals surface area contributed by atoms with E-state index in [0.29, 0.717) is 5.02 Å². The Balaban J connectivity index is 1.86. The Labute approximate surface area is 176 Å². The molecule has 0 bridgehead atoms. The summed E-state index contributed by atoms with van der Waals surface area (Å²) in [6.07, 6.45) is 0. The lowest BCUT2D eigenvalue weighted by Crippen LogP contribution is -2.32. The van der Waals surface area contributed by atoms with Crippen LogP contribution in [0.5, 0.6) is 11.5 Å². The van der Waals surface area contributed by atoms with E-state index in [-0.39, 0.29) is 0 Å². The van der Waals surface area contributed by atoms with Crippen LogP contribution in [0.1, 0.15) is 22.3 Å². The molecule has 0 saturated carbocycles. The van der Waals surface area contributed by atoms with Crippen molar-refractivity contribution in [1.82, 2.24) is 0 Å². The van der Waals surface area contributed by atoms with Crippen molar-refractivity contribution < 1.29 is 4.74 Å². The van der Waals surface area contributed by atoms with Crippen LogP contribution in [0.15, 0.2) is 89.4 Å². The fourth-order valence-corrected chi connectivity index (χ4v) is 5.38. The molecule has 1 nitrogen and oxygen atoms in total. The Morgan fingerprint density at radius 3 is 1.89 bits per heavy atom. The van der Waals surface area contributed by atoms with Gasteiger partial charge < -0.3 is 4.74 Å². The summed E-state index contributed by atoms with van der Waals surface area (Å²) >= 11 is 10.2. The summed E-state index contributed by atoms with van der Waals surface area (Å²) in [6.45, 7) is 0. The van der Waals surface area contributed by atoms with Gasteiger partial charge in [0.1, 0.15) is 11.5 Å². The van der Waals surface area contributed by atoms with Gasteiger partial charge in [0.25, 0.3) is 0 Å². The van der Waals surface area contributed by atoms with Crippen molar-refractivity contribution in [3.05, 3.63) is 117 Å². The van der Waals surface area contributed by atoms with E-state index >= 15 is 0 Å². The van der Waals surface area contributed by atoms with Gasteiger partial charge in [-0.3, -0.25) is 0 Å². The fourth-order valence-electron chi connectivity index (χ4n) is 4.85. The fraction of sp³-hybridized carbons (Fsp3) is 0.0400. The second kappa shape index (κ2) is 5.73. The quantitative estimate of drug-likeness (QED) is 0.234. The van der Waals surface area contributed by atoms with Gasteiger partial charge in [0.2, 0.25) is 0 Å². The molecule has 3 heteroatoms. The van der Waals surface area contributed by atoms with Gasteiger partial charge in [-0.15, -0.1) is 0 Å².